The van der Waals surface area contributed by atoms with Gasteiger partial charge in [0.1, 0.15) is 10.9 Å². The summed E-state index contributed by atoms with van der Waals surface area (Å²) in [6, 6.07) is 8.53. The maximum Gasteiger partial charge on any atom is 0.163 e. The lowest BCUT2D eigenvalue weighted by Crippen LogP contribution is -2.27. The number of aryl methyl sites for hydroxylation is 2. The Bertz CT molecular complexity index is 1110. The summed E-state index contributed by atoms with van der Waals surface area (Å²) in [6.07, 6.45) is 0.206. The second-order valence-electron chi connectivity index (χ2n) is 9.06. The molecule has 0 saturated heterocycles. The van der Waals surface area contributed by atoms with Crippen molar-refractivity contribution >= 4 is 27.3 Å². The van der Waals surface area contributed by atoms with Gasteiger partial charge in [0, 0.05) is 27.1 Å². The zero-order valence-corrected chi connectivity index (χ0v) is 19.4. The molecular weight excluding hydrogens is 394 g/mol. The molecule has 3 aromatic rings. The van der Waals surface area contributed by atoms with Crippen molar-refractivity contribution in [2.45, 2.75) is 66.3 Å². The van der Waals surface area contributed by atoms with Crippen molar-refractivity contribution in [1.29, 1.82) is 0 Å². The number of thiophene rings is 1. The summed E-state index contributed by atoms with van der Waals surface area (Å²) < 4.78 is 12.0. The van der Waals surface area contributed by atoms with E-state index in [1.807, 2.05) is 27.7 Å². The highest BCUT2D eigenvalue weighted by atomic mass is 32.1. The van der Waals surface area contributed by atoms with Crippen molar-refractivity contribution < 1.29 is 14.3 Å². The van der Waals surface area contributed by atoms with Crippen molar-refractivity contribution in [3.63, 3.8) is 0 Å². The first-order valence-electron chi connectivity index (χ1n) is 10.4. The molecule has 1 unspecified atom stereocenters. The first-order chi connectivity index (χ1) is 14.2. The number of carbonyl (C=O) groups is 1. The zero-order chi connectivity index (χ0) is 21.6. The Morgan fingerprint density at radius 3 is 2.53 bits per heavy atom. The first kappa shape index (κ1) is 21.2. The average Bonchev–Trinajstić information content (AvgIpc) is 3.03. The Balaban J connectivity index is 2.08. The fourth-order valence-electron chi connectivity index (χ4n) is 4.12. The maximum absolute atomic E-state index is 12.8. The molecule has 4 nitrogen and oxygen atoms in total. The molecule has 0 radical (unpaired) electrons. The van der Waals surface area contributed by atoms with Crippen molar-refractivity contribution in [2.75, 3.05) is 6.61 Å². The number of aromatic nitrogens is 1. The lowest BCUT2D eigenvalue weighted by Gasteiger charge is -2.29. The van der Waals surface area contributed by atoms with Crippen LogP contribution in [0.5, 0.6) is 0 Å². The number of fused-ring (bicyclic) bond motifs is 3. The number of hydrogen-bond acceptors (Lipinski definition) is 5. The number of nitrogens with zero attached hydrogens (tertiary/aromatic N) is 1. The van der Waals surface area contributed by atoms with E-state index >= 15 is 0 Å². The van der Waals surface area contributed by atoms with Gasteiger partial charge < -0.3 is 9.47 Å². The van der Waals surface area contributed by atoms with E-state index in [1.54, 1.807) is 18.3 Å². The highest BCUT2D eigenvalue weighted by Gasteiger charge is 2.32. The van der Waals surface area contributed by atoms with Crippen LogP contribution in [0.2, 0.25) is 0 Å². The smallest absolute Gasteiger partial charge is 0.163 e. The van der Waals surface area contributed by atoms with E-state index < -0.39 is 11.7 Å². The summed E-state index contributed by atoms with van der Waals surface area (Å²) in [7, 11) is 0. The molecule has 1 aliphatic rings. The third-order valence-corrected chi connectivity index (χ3v) is 6.52. The normalized spacial score (nSPS) is 15.3. The minimum Gasteiger partial charge on any atom is -0.376 e. The zero-order valence-electron chi connectivity index (χ0n) is 18.6. The van der Waals surface area contributed by atoms with E-state index in [0.717, 1.165) is 39.0 Å². The van der Waals surface area contributed by atoms with E-state index in [9.17, 15) is 4.79 Å². The summed E-state index contributed by atoms with van der Waals surface area (Å²) in [4.78, 5) is 20.0. The summed E-state index contributed by atoms with van der Waals surface area (Å²) in [5.74, 6) is -0.00466. The van der Waals surface area contributed by atoms with E-state index in [2.05, 4.69) is 31.2 Å². The van der Waals surface area contributed by atoms with Gasteiger partial charge in [-0.1, -0.05) is 29.8 Å². The van der Waals surface area contributed by atoms with Crippen LogP contribution in [0.1, 0.15) is 61.1 Å². The number of benzene rings is 1. The highest BCUT2D eigenvalue weighted by molar-refractivity contribution is 7.19. The van der Waals surface area contributed by atoms with Gasteiger partial charge in [-0.15, -0.1) is 11.3 Å². The average molecular weight is 424 g/mol. The van der Waals surface area contributed by atoms with Crippen LogP contribution in [0, 0.1) is 13.8 Å². The second-order valence-corrected chi connectivity index (χ2v) is 10.1. The van der Waals surface area contributed by atoms with E-state index in [1.165, 1.54) is 16.0 Å². The van der Waals surface area contributed by atoms with Crippen LogP contribution >= 0.6 is 11.3 Å². The maximum atomic E-state index is 12.8. The van der Waals surface area contributed by atoms with Gasteiger partial charge in [-0.05, 0) is 59.1 Å². The standard InChI is InChI=1S/C25H29NO3S/c1-14-7-9-17(10-8-14)21-20(23(16(3)27)29-25(4,5)6)15(2)26-24-22(21)18-11-12-28-13-19(18)30-24/h7-10,23H,11-13H2,1-6H3. The molecule has 158 valence electrons. The number of rotatable bonds is 4. The van der Waals surface area contributed by atoms with Crippen LogP contribution in [0.4, 0.5) is 0 Å². The molecule has 0 aliphatic carbocycles. The van der Waals surface area contributed by atoms with Crippen LogP contribution in [0.15, 0.2) is 24.3 Å². The fourth-order valence-corrected chi connectivity index (χ4v) is 5.34. The topological polar surface area (TPSA) is 48.4 Å². The SMILES string of the molecule is CC(=O)C(OC(C)(C)C)c1c(C)nc2sc3c(c2c1-c1ccc(C)cc1)CCOC3. The van der Waals surface area contributed by atoms with Gasteiger partial charge >= 0.3 is 0 Å². The Morgan fingerprint density at radius 2 is 1.90 bits per heavy atom. The van der Waals surface area contributed by atoms with Crippen LogP contribution in [-0.2, 0) is 27.3 Å². The Labute approximate surface area is 182 Å². The van der Waals surface area contributed by atoms with Crippen molar-refractivity contribution in [3.05, 3.63) is 51.5 Å². The van der Waals surface area contributed by atoms with Gasteiger partial charge in [-0.2, -0.15) is 0 Å². The van der Waals surface area contributed by atoms with Crippen LogP contribution in [-0.4, -0.2) is 23.0 Å². The molecule has 1 aliphatic heterocycles. The molecule has 3 heterocycles. The molecule has 2 aromatic heterocycles. The third kappa shape index (κ3) is 3.94. The predicted octanol–water partition coefficient (Wildman–Crippen LogP) is 6.10. The van der Waals surface area contributed by atoms with Crippen LogP contribution in [0.25, 0.3) is 21.3 Å². The molecule has 5 heteroatoms. The number of pyridine rings is 1. The Kier molecular flexibility index (Phi) is 5.56. The molecule has 0 N–H and O–H groups in total. The second kappa shape index (κ2) is 7.88. The number of ether oxygens (including phenoxy) is 2. The molecule has 1 atom stereocenters. The molecule has 1 aromatic carbocycles. The number of ketones is 1. The van der Waals surface area contributed by atoms with Crippen molar-refractivity contribution in [3.8, 4) is 11.1 Å². The largest absolute Gasteiger partial charge is 0.376 e. The quantitative estimate of drug-likeness (QED) is 0.509. The van der Waals surface area contributed by atoms with Gasteiger partial charge in [-0.3, -0.25) is 4.79 Å². The van der Waals surface area contributed by atoms with E-state index in [4.69, 9.17) is 14.5 Å². The molecule has 0 bridgehead atoms. The molecule has 30 heavy (non-hydrogen) atoms. The molecular formula is C25H29NO3S. The number of Topliss-reactive ketones (excluding diaryl/α,β-unsaturated/α-hetero) is 1. The van der Waals surface area contributed by atoms with Crippen LogP contribution < -0.4 is 0 Å². The monoisotopic (exact) mass is 423 g/mol. The molecule has 4 rings (SSSR count). The molecule has 0 amide bonds. The Hall–Kier alpha value is -2.08. The minimum atomic E-state index is -0.659. The van der Waals surface area contributed by atoms with Gasteiger partial charge in [0.2, 0.25) is 0 Å². The fraction of sp³-hybridized carbons (Fsp3) is 0.440. The minimum absolute atomic E-state index is 0.00466. The molecule has 0 fully saturated rings. The van der Waals surface area contributed by atoms with Crippen molar-refractivity contribution in [1.82, 2.24) is 4.98 Å². The van der Waals surface area contributed by atoms with E-state index in [0.29, 0.717) is 13.2 Å². The van der Waals surface area contributed by atoms with Crippen LogP contribution in [0.3, 0.4) is 0 Å². The van der Waals surface area contributed by atoms with Gasteiger partial charge in [0.25, 0.3) is 0 Å². The lowest BCUT2D eigenvalue weighted by atomic mass is 9.88. The predicted molar refractivity (Wildman–Crippen MR) is 122 cm³/mol. The summed E-state index contributed by atoms with van der Waals surface area (Å²) in [6.45, 7) is 13.0. The third-order valence-electron chi connectivity index (χ3n) is 5.42. The summed E-state index contributed by atoms with van der Waals surface area (Å²) >= 11 is 1.71. The molecule has 0 spiro atoms. The van der Waals surface area contributed by atoms with Crippen molar-refractivity contribution in [2.24, 2.45) is 0 Å². The number of carbonyl (C=O) groups excluding carboxylic acids is 1. The van der Waals surface area contributed by atoms with Gasteiger partial charge in [-0.25, -0.2) is 4.98 Å². The first-order valence-corrected chi connectivity index (χ1v) is 11.2. The lowest BCUT2D eigenvalue weighted by molar-refractivity contribution is -0.138. The molecule has 0 saturated carbocycles. The highest BCUT2D eigenvalue weighted by Crippen LogP contribution is 2.45. The summed E-state index contributed by atoms with van der Waals surface area (Å²) in [5.41, 5.74) is 5.98. The Morgan fingerprint density at radius 1 is 1.20 bits per heavy atom. The van der Waals surface area contributed by atoms with Gasteiger partial charge in [0.05, 0.1) is 18.8 Å². The summed E-state index contributed by atoms with van der Waals surface area (Å²) in [5, 5.41) is 1.16. The van der Waals surface area contributed by atoms with E-state index in [-0.39, 0.29) is 5.78 Å². The number of hydrogen-bond donors (Lipinski definition) is 0. The van der Waals surface area contributed by atoms with Gasteiger partial charge in [0.15, 0.2) is 5.78 Å².